The van der Waals surface area contributed by atoms with Gasteiger partial charge in [0, 0.05) is 17.8 Å². The van der Waals surface area contributed by atoms with Gasteiger partial charge in [0.1, 0.15) is 4.88 Å². The van der Waals surface area contributed by atoms with E-state index in [1.54, 1.807) is 6.92 Å². The average Bonchev–Trinajstić information content (AvgIpc) is 2.98. The highest BCUT2D eigenvalue weighted by Gasteiger charge is 2.21. The first kappa shape index (κ1) is 14.6. The normalized spacial score (nSPS) is 11.7. The zero-order chi connectivity index (χ0) is 14.8. The molecule has 10 heteroatoms. The molecule has 0 radical (unpaired) electrons. The van der Waals surface area contributed by atoms with Gasteiger partial charge in [0.15, 0.2) is 5.82 Å². The van der Waals surface area contributed by atoms with Gasteiger partial charge in [-0.15, -0.1) is 11.3 Å². The maximum atomic E-state index is 12.1. The third kappa shape index (κ3) is 3.21. The van der Waals surface area contributed by atoms with E-state index in [0.717, 1.165) is 23.8 Å². The van der Waals surface area contributed by atoms with E-state index in [9.17, 15) is 13.2 Å². The number of hydrogen-bond donors (Lipinski definition) is 2. The molecule has 108 valence electrons. The minimum atomic E-state index is -3.75. The van der Waals surface area contributed by atoms with Gasteiger partial charge >= 0.3 is 5.97 Å². The molecule has 8 nitrogen and oxygen atoms in total. The molecule has 0 aromatic carbocycles. The Morgan fingerprint density at radius 1 is 1.55 bits per heavy atom. The Morgan fingerprint density at radius 3 is 2.85 bits per heavy atom. The molecule has 20 heavy (non-hydrogen) atoms. The van der Waals surface area contributed by atoms with Crippen LogP contribution in [-0.4, -0.2) is 36.2 Å². The molecule has 2 rings (SSSR count). The van der Waals surface area contributed by atoms with Crippen molar-refractivity contribution in [2.75, 3.05) is 6.54 Å². The van der Waals surface area contributed by atoms with Crippen molar-refractivity contribution in [3.05, 3.63) is 28.0 Å². The van der Waals surface area contributed by atoms with Crippen LogP contribution in [0.1, 0.15) is 20.4 Å². The molecule has 0 saturated heterocycles. The number of thiophene rings is 1. The Morgan fingerprint density at radius 2 is 2.30 bits per heavy atom. The van der Waals surface area contributed by atoms with E-state index in [2.05, 4.69) is 19.4 Å². The van der Waals surface area contributed by atoms with Gasteiger partial charge in [-0.25, -0.2) is 17.9 Å². The standard InChI is InChI=1S/C10H11N3O5S2/c1-6-8(4-7(19-6)10(14)15)20(16,17)12-3-2-9-11-5-18-13-9/h4-5,12H,2-3H2,1H3,(H,14,15). The van der Waals surface area contributed by atoms with Crippen LogP contribution < -0.4 is 4.72 Å². The lowest BCUT2D eigenvalue weighted by Gasteiger charge is -2.04. The van der Waals surface area contributed by atoms with Gasteiger partial charge in [-0.05, 0) is 13.0 Å². The summed E-state index contributed by atoms with van der Waals surface area (Å²) in [5.41, 5.74) is 0. The van der Waals surface area contributed by atoms with Crippen molar-refractivity contribution in [2.24, 2.45) is 0 Å². The largest absolute Gasteiger partial charge is 0.477 e. The number of aromatic carboxylic acids is 1. The number of nitrogens with zero attached hydrogens (tertiary/aromatic N) is 2. The molecule has 0 aliphatic carbocycles. The second-order valence-electron chi connectivity index (χ2n) is 3.83. The van der Waals surface area contributed by atoms with Crippen LogP contribution in [0.5, 0.6) is 0 Å². The zero-order valence-corrected chi connectivity index (χ0v) is 12.0. The molecule has 2 aromatic rings. The van der Waals surface area contributed by atoms with Gasteiger partial charge in [-0.3, -0.25) is 0 Å². The van der Waals surface area contributed by atoms with Crippen LogP contribution >= 0.6 is 11.3 Å². The summed E-state index contributed by atoms with van der Waals surface area (Å²) in [5, 5.41) is 12.4. The van der Waals surface area contributed by atoms with Gasteiger partial charge in [0.25, 0.3) is 0 Å². The number of sulfonamides is 1. The number of rotatable bonds is 6. The Kier molecular flexibility index (Phi) is 4.16. The molecule has 0 amide bonds. The van der Waals surface area contributed by atoms with Gasteiger partial charge in [-0.2, -0.15) is 4.98 Å². The molecular formula is C10H11N3O5S2. The summed E-state index contributed by atoms with van der Waals surface area (Å²) >= 11 is 0.922. The Hall–Kier alpha value is -1.78. The van der Waals surface area contributed by atoms with Crippen LogP contribution in [0.15, 0.2) is 21.9 Å². The molecule has 2 aromatic heterocycles. The highest BCUT2D eigenvalue weighted by molar-refractivity contribution is 7.89. The fraction of sp³-hybridized carbons (Fsp3) is 0.300. The highest BCUT2D eigenvalue weighted by atomic mass is 32.2. The van der Waals surface area contributed by atoms with Crippen molar-refractivity contribution in [3.8, 4) is 0 Å². The van der Waals surface area contributed by atoms with Crippen molar-refractivity contribution in [3.63, 3.8) is 0 Å². The summed E-state index contributed by atoms with van der Waals surface area (Å²) in [7, 11) is -3.75. The van der Waals surface area contributed by atoms with E-state index in [4.69, 9.17) is 5.11 Å². The third-order valence-corrected chi connectivity index (χ3v) is 5.18. The van der Waals surface area contributed by atoms with Crippen LogP contribution in [-0.2, 0) is 16.4 Å². The number of carbonyl (C=O) groups is 1. The van der Waals surface area contributed by atoms with E-state index in [1.165, 1.54) is 0 Å². The van der Waals surface area contributed by atoms with Crippen molar-refractivity contribution in [2.45, 2.75) is 18.2 Å². The molecule has 2 heterocycles. The van der Waals surface area contributed by atoms with Crippen LogP contribution in [0.2, 0.25) is 0 Å². The number of carboxylic acid groups (broad SMARTS) is 1. The van der Waals surface area contributed by atoms with Crippen LogP contribution in [0.3, 0.4) is 0 Å². The third-order valence-electron chi connectivity index (χ3n) is 2.42. The quantitative estimate of drug-likeness (QED) is 0.802. The maximum absolute atomic E-state index is 12.1. The smallest absolute Gasteiger partial charge is 0.345 e. The Balaban J connectivity index is 2.08. The van der Waals surface area contributed by atoms with Gasteiger partial charge in [-0.1, -0.05) is 5.16 Å². The SMILES string of the molecule is Cc1sc(C(=O)O)cc1S(=O)(=O)NCCc1ncon1. The summed E-state index contributed by atoms with van der Waals surface area (Å²) in [6, 6.07) is 1.15. The maximum Gasteiger partial charge on any atom is 0.345 e. The summed E-state index contributed by atoms with van der Waals surface area (Å²) < 4.78 is 31.0. The molecule has 0 unspecified atom stereocenters. The van der Waals surface area contributed by atoms with Gasteiger partial charge < -0.3 is 9.63 Å². The number of aryl methyl sites for hydroxylation is 1. The fourth-order valence-corrected chi connectivity index (χ4v) is 3.98. The lowest BCUT2D eigenvalue weighted by molar-refractivity contribution is 0.0702. The van der Waals surface area contributed by atoms with Crippen molar-refractivity contribution < 1.29 is 22.8 Å². The van der Waals surface area contributed by atoms with E-state index < -0.39 is 16.0 Å². The average molecular weight is 317 g/mol. The van der Waals surface area contributed by atoms with E-state index in [1.807, 2.05) is 0 Å². The molecule has 0 aliphatic heterocycles. The van der Waals surface area contributed by atoms with Crippen LogP contribution in [0, 0.1) is 6.92 Å². The second kappa shape index (κ2) is 5.69. The van der Waals surface area contributed by atoms with E-state index in [0.29, 0.717) is 10.7 Å². The minimum absolute atomic E-state index is 0.0129. The molecular weight excluding hydrogens is 306 g/mol. The topological polar surface area (TPSA) is 122 Å². The predicted molar refractivity (Wildman–Crippen MR) is 69.2 cm³/mol. The molecule has 0 fully saturated rings. The second-order valence-corrected chi connectivity index (χ2v) is 6.82. The van der Waals surface area contributed by atoms with Crippen molar-refractivity contribution in [1.82, 2.24) is 14.9 Å². The summed E-state index contributed by atoms with van der Waals surface area (Å²) in [6.45, 7) is 1.66. The van der Waals surface area contributed by atoms with Gasteiger partial charge in [0.2, 0.25) is 16.4 Å². The molecule has 0 aliphatic rings. The minimum Gasteiger partial charge on any atom is -0.477 e. The molecule has 0 spiro atoms. The van der Waals surface area contributed by atoms with Crippen molar-refractivity contribution >= 4 is 27.3 Å². The van der Waals surface area contributed by atoms with Crippen LogP contribution in [0.4, 0.5) is 0 Å². The first-order chi connectivity index (χ1) is 9.40. The zero-order valence-electron chi connectivity index (χ0n) is 10.4. The highest BCUT2D eigenvalue weighted by Crippen LogP contribution is 2.25. The van der Waals surface area contributed by atoms with E-state index >= 15 is 0 Å². The first-order valence-corrected chi connectivity index (χ1v) is 7.79. The Labute approximate surface area is 118 Å². The number of hydrogen-bond acceptors (Lipinski definition) is 7. The Bertz CT molecular complexity index is 705. The first-order valence-electron chi connectivity index (χ1n) is 5.49. The lowest BCUT2D eigenvalue weighted by Crippen LogP contribution is -2.26. The van der Waals surface area contributed by atoms with E-state index in [-0.39, 0.29) is 22.7 Å². The molecule has 0 saturated carbocycles. The number of aromatic nitrogens is 2. The summed E-state index contributed by atoms with van der Waals surface area (Å²) in [4.78, 5) is 15.0. The monoisotopic (exact) mass is 317 g/mol. The molecule has 0 bridgehead atoms. The van der Waals surface area contributed by atoms with Crippen molar-refractivity contribution in [1.29, 1.82) is 0 Å². The number of carboxylic acids is 1. The fourth-order valence-electron chi connectivity index (χ4n) is 1.52. The molecule has 0 atom stereocenters. The van der Waals surface area contributed by atoms with Crippen LogP contribution in [0.25, 0.3) is 0 Å². The van der Waals surface area contributed by atoms with Gasteiger partial charge in [0.05, 0.1) is 4.90 Å². The summed E-state index contributed by atoms with van der Waals surface area (Å²) in [5.74, 6) is -0.757. The lowest BCUT2D eigenvalue weighted by atomic mass is 10.4. The summed E-state index contributed by atoms with van der Waals surface area (Å²) in [6.07, 6.45) is 1.44. The molecule has 2 N–H and O–H groups in total. The predicted octanol–water partition coefficient (Wildman–Crippen LogP) is 0.659. The number of nitrogens with one attached hydrogen (secondary N) is 1.